The van der Waals surface area contributed by atoms with Crippen molar-refractivity contribution in [1.82, 2.24) is 0 Å². The van der Waals surface area contributed by atoms with Crippen LogP contribution in [0.2, 0.25) is 0 Å². The van der Waals surface area contributed by atoms with Crippen LogP contribution in [0.3, 0.4) is 0 Å². The SMILES string of the molecule is CCOCCS(=O)(=O)N(C)c1ccccc1CN. The Hall–Kier alpha value is -1.11. The molecule has 0 saturated carbocycles. The minimum absolute atomic E-state index is 0.0315. The second-order valence-electron chi connectivity index (χ2n) is 3.81. The molecular formula is C12H20N2O3S. The highest BCUT2D eigenvalue weighted by atomic mass is 32.2. The van der Waals surface area contributed by atoms with Gasteiger partial charge in [0.15, 0.2) is 0 Å². The summed E-state index contributed by atoms with van der Waals surface area (Å²) in [5.41, 5.74) is 7.03. The third-order valence-corrected chi connectivity index (χ3v) is 4.37. The van der Waals surface area contributed by atoms with E-state index in [-0.39, 0.29) is 12.4 Å². The van der Waals surface area contributed by atoms with Crippen molar-refractivity contribution >= 4 is 15.7 Å². The minimum atomic E-state index is -3.37. The van der Waals surface area contributed by atoms with E-state index in [0.717, 1.165) is 5.56 Å². The largest absolute Gasteiger partial charge is 0.381 e. The maximum absolute atomic E-state index is 12.1. The molecule has 0 radical (unpaired) electrons. The highest BCUT2D eigenvalue weighted by Crippen LogP contribution is 2.21. The molecule has 0 aromatic heterocycles. The molecular weight excluding hydrogens is 252 g/mol. The Morgan fingerprint density at radius 1 is 1.33 bits per heavy atom. The van der Waals surface area contributed by atoms with Crippen LogP contribution in [0.1, 0.15) is 12.5 Å². The van der Waals surface area contributed by atoms with Crippen LogP contribution in [-0.4, -0.2) is 34.4 Å². The van der Waals surface area contributed by atoms with Crippen LogP contribution >= 0.6 is 0 Å². The molecule has 0 fully saturated rings. The van der Waals surface area contributed by atoms with Crippen LogP contribution in [-0.2, 0) is 21.3 Å². The van der Waals surface area contributed by atoms with Gasteiger partial charge in [0.2, 0.25) is 10.0 Å². The van der Waals surface area contributed by atoms with Gasteiger partial charge in [-0.25, -0.2) is 8.42 Å². The number of para-hydroxylation sites is 1. The van der Waals surface area contributed by atoms with E-state index >= 15 is 0 Å². The number of nitrogens with two attached hydrogens (primary N) is 1. The molecule has 18 heavy (non-hydrogen) atoms. The predicted molar refractivity (Wildman–Crippen MR) is 73.0 cm³/mol. The van der Waals surface area contributed by atoms with E-state index < -0.39 is 10.0 Å². The standard InChI is InChI=1S/C12H20N2O3S/c1-3-17-8-9-18(15,16)14(2)12-7-5-4-6-11(12)10-13/h4-7H,3,8-10,13H2,1-2H3. The number of hydrogen-bond acceptors (Lipinski definition) is 4. The van der Waals surface area contributed by atoms with Gasteiger partial charge in [-0.05, 0) is 18.6 Å². The molecule has 0 aliphatic carbocycles. The van der Waals surface area contributed by atoms with Gasteiger partial charge in [-0.2, -0.15) is 0 Å². The molecule has 1 aromatic carbocycles. The van der Waals surface area contributed by atoms with Crippen molar-refractivity contribution in [2.45, 2.75) is 13.5 Å². The fraction of sp³-hybridized carbons (Fsp3) is 0.500. The Labute approximate surface area is 109 Å². The summed E-state index contributed by atoms with van der Waals surface area (Å²) in [6, 6.07) is 7.21. The number of benzene rings is 1. The van der Waals surface area contributed by atoms with Gasteiger partial charge in [0.1, 0.15) is 0 Å². The highest BCUT2D eigenvalue weighted by Gasteiger charge is 2.19. The summed E-state index contributed by atoms with van der Waals surface area (Å²) < 4.78 is 30.5. The summed E-state index contributed by atoms with van der Waals surface area (Å²) in [6.07, 6.45) is 0. The molecule has 0 aliphatic rings. The maximum Gasteiger partial charge on any atom is 0.237 e. The van der Waals surface area contributed by atoms with Gasteiger partial charge in [-0.1, -0.05) is 18.2 Å². The number of ether oxygens (including phenoxy) is 1. The first-order valence-corrected chi connectivity index (χ1v) is 7.46. The van der Waals surface area contributed by atoms with Gasteiger partial charge in [-0.3, -0.25) is 4.31 Å². The minimum Gasteiger partial charge on any atom is -0.381 e. The van der Waals surface area contributed by atoms with E-state index in [4.69, 9.17) is 10.5 Å². The highest BCUT2D eigenvalue weighted by molar-refractivity contribution is 7.92. The molecule has 0 amide bonds. The first kappa shape index (κ1) is 14.9. The van der Waals surface area contributed by atoms with Crippen molar-refractivity contribution in [3.8, 4) is 0 Å². The van der Waals surface area contributed by atoms with Crippen molar-refractivity contribution < 1.29 is 13.2 Å². The van der Waals surface area contributed by atoms with Gasteiger partial charge in [-0.15, -0.1) is 0 Å². The average Bonchev–Trinajstić information content (AvgIpc) is 2.38. The van der Waals surface area contributed by atoms with E-state index in [2.05, 4.69) is 0 Å². The van der Waals surface area contributed by atoms with E-state index in [1.54, 1.807) is 12.1 Å². The third kappa shape index (κ3) is 3.69. The van der Waals surface area contributed by atoms with E-state index in [1.165, 1.54) is 11.4 Å². The Bertz CT molecular complexity index is 474. The first-order chi connectivity index (χ1) is 8.53. The molecule has 0 heterocycles. The number of hydrogen-bond donors (Lipinski definition) is 1. The Morgan fingerprint density at radius 2 is 2.00 bits per heavy atom. The topological polar surface area (TPSA) is 72.6 Å². The van der Waals surface area contributed by atoms with Gasteiger partial charge in [0, 0.05) is 20.2 Å². The average molecular weight is 272 g/mol. The fourth-order valence-corrected chi connectivity index (χ4v) is 2.67. The number of rotatable bonds is 7. The van der Waals surface area contributed by atoms with Crippen molar-refractivity contribution in [1.29, 1.82) is 0 Å². The van der Waals surface area contributed by atoms with Crippen LogP contribution in [0.4, 0.5) is 5.69 Å². The molecule has 5 nitrogen and oxygen atoms in total. The molecule has 0 aliphatic heterocycles. The van der Waals surface area contributed by atoms with Crippen molar-refractivity contribution in [3.05, 3.63) is 29.8 Å². The summed E-state index contributed by atoms with van der Waals surface area (Å²) in [7, 11) is -1.83. The monoisotopic (exact) mass is 272 g/mol. The van der Waals surface area contributed by atoms with Gasteiger partial charge in [0.25, 0.3) is 0 Å². The zero-order valence-corrected chi connectivity index (χ0v) is 11.6. The van der Waals surface area contributed by atoms with E-state index in [1.807, 2.05) is 19.1 Å². The Balaban J connectivity index is 2.88. The van der Waals surface area contributed by atoms with Gasteiger partial charge >= 0.3 is 0 Å². The van der Waals surface area contributed by atoms with Crippen molar-refractivity contribution in [2.75, 3.05) is 30.3 Å². The van der Waals surface area contributed by atoms with Crippen LogP contribution in [0, 0.1) is 0 Å². The summed E-state index contributed by atoms with van der Waals surface area (Å²) in [6.45, 7) is 2.86. The first-order valence-electron chi connectivity index (χ1n) is 5.85. The zero-order valence-electron chi connectivity index (χ0n) is 10.8. The molecule has 1 rings (SSSR count). The maximum atomic E-state index is 12.1. The fourth-order valence-electron chi connectivity index (χ4n) is 1.59. The van der Waals surface area contributed by atoms with Crippen LogP contribution in [0.5, 0.6) is 0 Å². The number of sulfonamides is 1. The smallest absolute Gasteiger partial charge is 0.237 e. The second-order valence-corrected chi connectivity index (χ2v) is 5.93. The third-order valence-electron chi connectivity index (χ3n) is 2.66. The molecule has 0 saturated heterocycles. The van der Waals surface area contributed by atoms with Crippen LogP contribution < -0.4 is 10.0 Å². The van der Waals surface area contributed by atoms with Crippen molar-refractivity contribution in [2.24, 2.45) is 5.73 Å². The molecule has 0 bridgehead atoms. The van der Waals surface area contributed by atoms with Crippen molar-refractivity contribution in [3.63, 3.8) is 0 Å². The van der Waals surface area contributed by atoms with Gasteiger partial charge in [0.05, 0.1) is 18.0 Å². The van der Waals surface area contributed by atoms with Crippen LogP contribution in [0.25, 0.3) is 0 Å². The summed E-state index contributed by atoms with van der Waals surface area (Å²) in [5, 5.41) is 0. The second kappa shape index (κ2) is 6.72. The quantitative estimate of drug-likeness (QED) is 0.750. The normalized spacial score (nSPS) is 11.5. The lowest BCUT2D eigenvalue weighted by Gasteiger charge is -2.21. The van der Waals surface area contributed by atoms with E-state index in [9.17, 15) is 8.42 Å². The molecule has 2 N–H and O–H groups in total. The Morgan fingerprint density at radius 3 is 2.61 bits per heavy atom. The lowest BCUT2D eigenvalue weighted by atomic mass is 10.2. The summed E-state index contributed by atoms with van der Waals surface area (Å²) in [5.74, 6) is -0.0315. The molecule has 0 spiro atoms. The lowest BCUT2D eigenvalue weighted by molar-refractivity contribution is 0.163. The molecule has 102 valence electrons. The Kier molecular flexibility index (Phi) is 5.58. The molecule has 0 atom stereocenters. The lowest BCUT2D eigenvalue weighted by Crippen LogP contribution is -2.31. The van der Waals surface area contributed by atoms with Gasteiger partial charge < -0.3 is 10.5 Å². The summed E-state index contributed by atoms with van der Waals surface area (Å²) >= 11 is 0. The van der Waals surface area contributed by atoms with E-state index in [0.29, 0.717) is 18.8 Å². The number of nitrogens with zero attached hydrogens (tertiary/aromatic N) is 1. The number of anilines is 1. The molecule has 6 heteroatoms. The molecule has 0 unspecified atom stereocenters. The predicted octanol–water partition coefficient (Wildman–Crippen LogP) is 0.948. The summed E-state index contributed by atoms with van der Waals surface area (Å²) in [4.78, 5) is 0. The van der Waals surface area contributed by atoms with Crippen LogP contribution in [0.15, 0.2) is 24.3 Å². The zero-order chi connectivity index (χ0) is 13.6. The molecule has 1 aromatic rings.